The largest absolute Gasteiger partial charge is 0.290 e. The maximum Gasteiger partial charge on any atom is 0.258 e. The molecule has 0 saturated carbocycles. The molecule has 0 aliphatic carbocycles. The zero-order valence-corrected chi connectivity index (χ0v) is 18.0. The number of halogens is 2. The number of nitrogens with one attached hydrogen (secondary N) is 1. The monoisotopic (exact) mass is 460 g/mol. The van der Waals surface area contributed by atoms with Crippen molar-refractivity contribution in [2.45, 2.75) is 24.8 Å². The standard InChI is InChI=1S/C21H18ClFN4O3S/c1-13-17(22)6-3-7-19(13)31(29,30)27-9-8-18-15(12-27)11-24-21(25-18)26-20(28)14-4-2-5-16(23)10-14/h2-7,10-11H,8-9,12H2,1H3,(H,24,25,26,28). The molecule has 1 aromatic heterocycles. The van der Waals surface area contributed by atoms with Gasteiger partial charge in [0.25, 0.3) is 5.91 Å². The van der Waals surface area contributed by atoms with Crippen LogP contribution in [0.2, 0.25) is 5.02 Å². The second kappa shape index (κ2) is 8.33. The van der Waals surface area contributed by atoms with Gasteiger partial charge in [0.05, 0.1) is 10.6 Å². The smallest absolute Gasteiger partial charge is 0.258 e. The highest BCUT2D eigenvalue weighted by Gasteiger charge is 2.31. The van der Waals surface area contributed by atoms with Gasteiger partial charge in [-0.15, -0.1) is 0 Å². The van der Waals surface area contributed by atoms with Crippen molar-refractivity contribution in [3.63, 3.8) is 0 Å². The Bertz CT molecular complexity index is 1280. The zero-order chi connectivity index (χ0) is 22.2. The van der Waals surface area contributed by atoms with Crippen LogP contribution in [0.5, 0.6) is 0 Å². The van der Waals surface area contributed by atoms with E-state index in [-0.39, 0.29) is 29.5 Å². The fourth-order valence-electron chi connectivity index (χ4n) is 3.37. The second-order valence-corrected chi connectivity index (χ2v) is 9.40. The molecule has 4 rings (SSSR count). The van der Waals surface area contributed by atoms with Crippen molar-refractivity contribution in [2.75, 3.05) is 11.9 Å². The first-order valence-electron chi connectivity index (χ1n) is 9.42. The first-order chi connectivity index (χ1) is 14.8. The van der Waals surface area contributed by atoms with E-state index in [1.807, 2.05) is 0 Å². The molecular formula is C21H18ClFN4O3S. The molecule has 10 heteroatoms. The lowest BCUT2D eigenvalue weighted by Gasteiger charge is -2.28. The van der Waals surface area contributed by atoms with E-state index in [9.17, 15) is 17.6 Å². The minimum Gasteiger partial charge on any atom is -0.290 e. The molecule has 0 unspecified atom stereocenters. The van der Waals surface area contributed by atoms with Gasteiger partial charge in [-0.05, 0) is 42.8 Å². The van der Waals surface area contributed by atoms with Gasteiger partial charge in [-0.25, -0.2) is 22.8 Å². The van der Waals surface area contributed by atoms with E-state index in [1.165, 1.54) is 34.8 Å². The minimum atomic E-state index is -3.74. The van der Waals surface area contributed by atoms with Gasteiger partial charge in [-0.1, -0.05) is 23.7 Å². The summed E-state index contributed by atoms with van der Waals surface area (Å²) in [6, 6.07) is 10.1. The summed E-state index contributed by atoms with van der Waals surface area (Å²) in [5.41, 5.74) is 1.95. The third kappa shape index (κ3) is 4.30. The summed E-state index contributed by atoms with van der Waals surface area (Å²) in [4.78, 5) is 20.9. The maximum atomic E-state index is 13.3. The Morgan fingerprint density at radius 1 is 1.23 bits per heavy atom. The van der Waals surface area contributed by atoms with E-state index < -0.39 is 21.7 Å². The normalized spacial score (nSPS) is 14.2. The Morgan fingerprint density at radius 2 is 2.00 bits per heavy atom. The van der Waals surface area contributed by atoms with Crippen LogP contribution in [0.4, 0.5) is 10.3 Å². The number of fused-ring (bicyclic) bond motifs is 1. The van der Waals surface area contributed by atoms with Crippen LogP contribution in [0, 0.1) is 12.7 Å². The summed E-state index contributed by atoms with van der Waals surface area (Å²) >= 11 is 6.09. The molecule has 2 heterocycles. The third-order valence-electron chi connectivity index (χ3n) is 5.05. The molecule has 7 nitrogen and oxygen atoms in total. The van der Waals surface area contributed by atoms with Gasteiger partial charge in [0.15, 0.2) is 0 Å². The summed E-state index contributed by atoms with van der Waals surface area (Å²) < 4.78 is 40.9. The number of nitrogens with zero attached hydrogens (tertiary/aromatic N) is 3. The number of aromatic nitrogens is 2. The van der Waals surface area contributed by atoms with E-state index in [1.54, 1.807) is 19.1 Å². The number of amides is 1. The molecule has 1 aliphatic rings. The summed E-state index contributed by atoms with van der Waals surface area (Å²) in [6.07, 6.45) is 1.86. The van der Waals surface area contributed by atoms with E-state index >= 15 is 0 Å². The summed E-state index contributed by atoms with van der Waals surface area (Å²) in [7, 11) is -3.74. The number of rotatable bonds is 4. The summed E-state index contributed by atoms with van der Waals surface area (Å²) in [5, 5.41) is 2.93. The molecule has 1 N–H and O–H groups in total. The van der Waals surface area contributed by atoms with Crippen molar-refractivity contribution in [3.8, 4) is 0 Å². The van der Waals surface area contributed by atoms with Crippen LogP contribution in [-0.4, -0.2) is 35.1 Å². The van der Waals surface area contributed by atoms with E-state index in [2.05, 4.69) is 15.3 Å². The lowest BCUT2D eigenvalue weighted by atomic mass is 10.1. The molecule has 0 radical (unpaired) electrons. The molecule has 3 aromatic rings. The average Bonchev–Trinajstić information content (AvgIpc) is 2.75. The minimum absolute atomic E-state index is 0.0787. The predicted octanol–water partition coefficient (Wildman–Crippen LogP) is 3.58. The van der Waals surface area contributed by atoms with Gasteiger partial charge >= 0.3 is 0 Å². The number of anilines is 1. The van der Waals surface area contributed by atoms with Crippen molar-refractivity contribution in [1.82, 2.24) is 14.3 Å². The van der Waals surface area contributed by atoms with Crippen molar-refractivity contribution in [2.24, 2.45) is 0 Å². The zero-order valence-electron chi connectivity index (χ0n) is 16.5. The average molecular weight is 461 g/mol. The Morgan fingerprint density at radius 3 is 2.77 bits per heavy atom. The van der Waals surface area contributed by atoms with Gasteiger partial charge in [0.2, 0.25) is 16.0 Å². The van der Waals surface area contributed by atoms with Crippen LogP contribution in [0.25, 0.3) is 0 Å². The Labute approximate surface area is 184 Å². The highest BCUT2D eigenvalue weighted by Crippen LogP contribution is 2.29. The molecule has 0 atom stereocenters. The molecule has 31 heavy (non-hydrogen) atoms. The molecule has 0 bridgehead atoms. The molecule has 2 aromatic carbocycles. The topological polar surface area (TPSA) is 92.3 Å². The number of hydrogen-bond donors (Lipinski definition) is 1. The molecule has 0 spiro atoms. The molecule has 1 amide bonds. The van der Waals surface area contributed by atoms with Gasteiger partial charge < -0.3 is 0 Å². The molecule has 0 fully saturated rings. The van der Waals surface area contributed by atoms with E-state index in [0.717, 1.165) is 6.07 Å². The van der Waals surface area contributed by atoms with Gasteiger partial charge in [0, 0.05) is 41.9 Å². The Hall–Kier alpha value is -2.88. The molecule has 160 valence electrons. The lowest BCUT2D eigenvalue weighted by molar-refractivity contribution is 0.102. The van der Waals surface area contributed by atoms with Crippen molar-refractivity contribution in [1.29, 1.82) is 0 Å². The number of carbonyl (C=O) groups excluding carboxylic acids is 1. The first kappa shape index (κ1) is 21.4. The lowest BCUT2D eigenvalue weighted by Crippen LogP contribution is -2.37. The summed E-state index contributed by atoms with van der Waals surface area (Å²) in [5.74, 6) is -0.971. The Kier molecular flexibility index (Phi) is 5.74. The predicted molar refractivity (Wildman–Crippen MR) is 114 cm³/mol. The summed E-state index contributed by atoms with van der Waals surface area (Å²) in [6.45, 7) is 2.01. The van der Waals surface area contributed by atoms with Gasteiger partial charge in [-0.3, -0.25) is 10.1 Å². The highest BCUT2D eigenvalue weighted by molar-refractivity contribution is 7.89. The second-order valence-electron chi connectivity index (χ2n) is 7.08. The van der Waals surface area contributed by atoms with Crippen LogP contribution >= 0.6 is 11.6 Å². The fourth-order valence-corrected chi connectivity index (χ4v) is 5.26. The molecule has 1 aliphatic heterocycles. The van der Waals surface area contributed by atoms with Gasteiger partial charge in [-0.2, -0.15) is 4.31 Å². The van der Waals surface area contributed by atoms with Crippen LogP contribution < -0.4 is 5.32 Å². The maximum absolute atomic E-state index is 13.3. The van der Waals surface area contributed by atoms with E-state index in [0.29, 0.717) is 28.3 Å². The quantitative estimate of drug-likeness (QED) is 0.642. The van der Waals surface area contributed by atoms with Crippen LogP contribution in [0.15, 0.2) is 53.6 Å². The number of benzene rings is 2. The van der Waals surface area contributed by atoms with Crippen LogP contribution in [-0.2, 0) is 23.0 Å². The van der Waals surface area contributed by atoms with Crippen molar-refractivity contribution in [3.05, 3.63) is 81.9 Å². The third-order valence-corrected chi connectivity index (χ3v) is 7.45. The SMILES string of the molecule is Cc1c(Cl)cccc1S(=O)(=O)N1CCc2nc(NC(=O)c3cccc(F)c3)ncc2C1. The molecular weight excluding hydrogens is 443 g/mol. The fraction of sp³-hybridized carbons (Fsp3) is 0.190. The van der Waals surface area contributed by atoms with Crippen LogP contribution in [0.1, 0.15) is 27.2 Å². The number of carbonyl (C=O) groups is 1. The highest BCUT2D eigenvalue weighted by atomic mass is 35.5. The van der Waals surface area contributed by atoms with Crippen molar-refractivity contribution >= 4 is 33.5 Å². The van der Waals surface area contributed by atoms with Crippen molar-refractivity contribution < 1.29 is 17.6 Å². The van der Waals surface area contributed by atoms with Crippen LogP contribution in [0.3, 0.4) is 0 Å². The number of hydrogen-bond acceptors (Lipinski definition) is 5. The number of sulfonamides is 1. The van der Waals surface area contributed by atoms with E-state index in [4.69, 9.17) is 11.6 Å². The Balaban J connectivity index is 1.53. The van der Waals surface area contributed by atoms with Gasteiger partial charge in [0.1, 0.15) is 5.82 Å². The first-order valence-corrected chi connectivity index (χ1v) is 11.2. The molecule has 0 saturated heterocycles.